The van der Waals surface area contributed by atoms with Gasteiger partial charge in [-0.3, -0.25) is 9.59 Å². The quantitative estimate of drug-likeness (QED) is 0.512. The predicted octanol–water partition coefficient (Wildman–Crippen LogP) is -1.73. The molecule has 0 radical (unpaired) electrons. The minimum Gasteiger partial charge on any atom is -0.492 e. The van der Waals surface area contributed by atoms with E-state index in [1.165, 1.54) is 0 Å². The zero-order chi connectivity index (χ0) is 9.14. The molecule has 64 valence electrons. The topological polar surface area (TPSA) is 108 Å². The van der Waals surface area contributed by atoms with Gasteiger partial charge in [-0.25, -0.2) is 4.99 Å². The molecule has 0 unspecified atom stereocenters. The van der Waals surface area contributed by atoms with E-state index in [-0.39, 0.29) is 18.0 Å². The predicted molar refractivity (Wildman–Crippen MR) is 39.9 cm³/mol. The molecule has 2 amide bonds. The van der Waals surface area contributed by atoms with E-state index in [0.717, 1.165) is 6.26 Å². The highest BCUT2D eigenvalue weighted by Crippen LogP contribution is 2.03. The van der Waals surface area contributed by atoms with Gasteiger partial charge in [0, 0.05) is 0 Å². The number of amides is 2. The van der Waals surface area contributed by atoms with Crippen molar-refractivity contribution in [1.82, 2.24) is 0 Å². The van der Waals surface area contributed by atoms with E-state index in [0.29, 0.717) is 0 Å². The van der Waals surface area contributed by atoms with Gasteiger partial charge in [0.2, 0.25) is 0 Å². The van der Waals surface area contributed by atoms with E-state index in [2.05, 4.69) is 4.99 Å². The van der Waals surface area contributed by atoms with Gasteiger partial charge in [0.15, 0.2) is 5.70 Å². The number of carbonyl (C=O) groups is 2. The second kappa shape index (κ2) is 3.04. The first-order valence-electron chi connectivity index (χ1n) is 3.10. The minimum absolute atomic E-state index is 0.00806. The summed E-state index contributed by atoms with van der Waals surface area (Å²) >= 11 is 0. The number of carbonyl (C=O) groups excluding carboxylic acids is 2. The van der Waals surface area contributed by atoms with Gasteiger partial charge in [0.1, 0.15) is 18.6 Å². The second-order valence-electron chi connectivity index (χ2n) is 2.10. The maximum Gasteiger partial charge on any atom is 0.270 e. The highest BCUT2D eigenvalue weighted by molar-refractivity contribution is 6.39. The molecule has 0 saturated carbocycles. The maximum absolute atomic E-state index is 10.6. The number of hydrogen-bond acceptors (Lipinski definition) is 4. The third-order valence-electron chi connectivity index (χ3n) is 1.21. The van der Waals surface area contributed by atoms with Crippen LogP contribution in [0.3, 0.4) is 0 Å². The van der Waals surface area contributed by atoms with E-state index in [9.17, 15) is 9.59 Å². The van der Waals surface area contributed by atoms with Crippen LogP contribution in [0.25, 0.3) is 0 Å². The van der Waals surface area contributed by atoms with Crippen LogP contribution in [0.1, 0.15) is 0 Å². The van der Waals surface area contributed by atoms with Crippen LogP contribution in [-0.4, -0.2) is 24.1 Å². The lowest BCUT2D eigenvalue weighted by Crippen LogP contribution is -2.30. The van der Waals surface area contributed by atoms with Crippen molar-refractivity contribution in [1.29, 1.82) is 0 Å². The summed E-state index contributed by atoms with van der Waals surface area (Å²) in [6, 6.07) is 0. The fraction of sp³-hybridized carbons (Fsp3) is 0.167. The SMILES string of the molecule is NC(=O)C1=COCC(C(N)=O)=N1. The summed E-state index contributed by atoms with van der Waals surface area (Å²) in [6.07, 6.45) is 1.09. The molecular formula is C6H7N3O3. The van der Waals surface area contributed by atoms with Crippen LogP contribution >= 0.6 is 0 Å². The zero-order valence-electron chi connectivity index (χ0n) is 6.11. The Hall–Kier alpha value is -1.85. The van der Waals surface area contributed by atoms with Crippen molar-refractivity contribution in [2.45, 2.75) is 0 Å². The standard InChI is InChI=1S/C6H7N3O3/c7-5(10)3-1-12-2-4(9-3)6(8)11/h1H,2H2,(H2,7,10)(H2,8,11). The molecule has 4 N–H and O–H groups in total. The summed E-state index contributed by atoms with van der Waals surface area (Å²) in [6.45, 7) is -0.0217. The van der Waals surface area contributed by atoms with Crippen molar-refractivity contribution in [2.24, 2.45) is 16.5 Å². The first-order valence-corrected chi connectivity index (χ1v) is 3.10. The summed E-state index contributed by atoms with van der Waals surface area (Å²) in [7, 11) is 0. The molecule has 0 bridgehead atoms. The molecule has 1 heterocycles. The number of nitrogens with zero attached hydrogens (tertiary/aromatic N) is 1. The molecular weight excluding hydrogens is 162 g/mol. The Labute approximate surface area is 67.9 Å². The van der Waals surface area contributed by atoms with Crippen LogP contribution in [0.5, 0.6) is 0 Å². The van der Waals surface area contributed by atoms with E-state index in [1.54, 1.807) is 0 Å². The molecule has 0 spiro atoms. The zero-order valence-corrected chi connectivity index (χ0v) is 6.11. The minimum atomic E-state index is -0.756. The molecule has 0 aromatic rings. The van der Waals surface area contributed by atoms with E-state index < -0.39 is 11.8 Å². The molecule has 0 fully saturated rings. The van der Waals surface area contributed by atoms with Crippen LogP contribution in [0.15, 0.2) is 17.0 Å². The molecule has 0 aliphatic carbocycles. The molecule has 6 nitrogen and oxygen atoms in total. The lowest BCUT2D eigenvalue weighted by atomic mass is 10.3. The lowest BCUT2D eigenvalue weighted by Gasteiger charge is -2.08. The van der Waals surface area contributed by atoms with Crippen molar-refractivity contribution >= 4 is 17.5 Å². The third kappa shape index (κ3) is 1.60. The fourth-order valence-corrected chi connectivity index (χ4v) is 0.643. The molecule has 0 aromatic carbocycles. The Kier molecular flexibility index (Phi) is 2.09. The molecule has 0 saturated heterocycles. The average Bonchev–Trinajstić information content (AvgIpc) is 2.04. The average molecular weight is 169 g/mol. The summed E-state index contributed by atoms with van der Waals surface area (Å²) in [5, 5.41) is 0. The lowest BCUT2D eigenvalue weighted by molar-refractivity contribution is -0.114. The monoisotopic (exact) mass is 169 g/mol. The Morgan fingerprint density at radius 2 is 2.08 bits per heavy atom. The number of primary amides is 2. The summed E-state index contributed by atoms with van der Waals surface area (Å²) < 4.78 is 4.72. The number of aliphatic imine (C=N–C) groups is 1. The van der Waals surface area contributed by atoms with Gasteiger partial charge < -0.3 is 16.2 Å². The molecule has 1 aliphatic rings. The van der Waals surface area contributed by atoms with Gasteiger partial charge in [0.25, 0.3) is 11.8 Å². The van der Waals surface area contributed by atoms with Crippen molar-refractivity contribution in [2.75, 3.05) is 6.61 Å². The summed E-state index contributed by atoms with van der Waals surface area (Å²) in [5.41, 5.74) is 9.67. The van der Waals surface area contributed by atoms with Crippen LogP contribution in [0, 0.1) is 0 Å². The van der Waals surface area contributed by atoms with E-state index in [1.807, 2.05) is 0 Å². The van der Waals surface area contributed by atoms with Crippen molar-refractivity contribution in [3.8, 4) is 0 Å². The number of hydrogen-bond donors (Lipinski definition) is 2. The van der Waals surface area contributed by atoms with Crippen molar-refractivity contribution < 1.29 is 14.3 Å². The largest absolute Gasteiger partial charge is 0.492 e. The van der Waals surface area contributed by atoms with Gasteiger partial charge in [-0.05, 0) is 0 Å². The van der Waals surface area contributed by atoms with Gasteiger partial charge in [-0.2, -0.15) is 0 Å². The van der Waals surface area contributed by atoms with Crippen LogP contribution < -0.4 is 11.5 Å². The van der Waals surface area contributed by atoms with Gasteiger partial charge >= 0.3 is 0 Å². The maximum atomic E-state index is 10.6. The Bertz CT molecular complexity index is 292. The van der Waals surface area contributed by atoms with Crippen molar-refractivity contribution in [3.05, 3.63) is 12.0 Å². The van der Waals surface area contributed by atoms with Gasteiger partial charge in [-0.1, -0.05) is 0 Å². The molecule has 6 heteroatoms. The first-order chi connectivity index (χ1) is 5.61. The Morgan fingerprint density at radius 1 is 1.42 bits per heavy atom. The normalized spacial score (nSPS) is 15.7. The number of nitrogens with two attached hydrogens (primary N) is 2. The van der Waals surface area contributed by atoms with Gasteiger partial charge in [-0.15, -0.1) is 0 Å². The summed E-state index contributed by atoms with van der Waals surface area (Å²) in [4.78, 5) is 24.7. The first kappa shape index (κ1) is 8.25. The second-order valence-corrected chi connectivity index (χ2v) is 2.10. The Morgan fingerprint density at radius 3 is 2.58 bits per heavy atom. The van der Waals surface area contributed by atoms with E-state index in [4.69, 9.17) is 16.2 Å². The van der Waals surface area contributed by atoms with Gasteiger partial charge in [0.05, 0.1) is 0 Å². The third-order valence-corrected chi connectivity index (χ3v) is 1.21. The Balaban J connectivity index is 2.88. The van der Waals surface area contributed by atoms with Crippen molar-refractivity contribution in [3.63, 3.8) is 0 Å². The highest BCUT2D eigenvalue weighted by Gasteiger charge is 2.15. The van der Waals surface area contributed by atoms with E-state index >= 15 is 0 Å². The number of ether oxygens (including phenoxy) is 1. The van der Waals surface area contributed by atoms with Crippen LogP contribution in [0.4, 0.5) is 0 Å². The summed E-state index contributed by atoms with van der Waals surface area (Å²) in [5.74, 6) is -1.48. The molecule has 1 rings (SSSR count). The van der Waals surface area contributed by atoms with Crippen LogP contribution in [0.2, 0.25) is 0 Å². The smallest absolute Gasteiger partial charge is 0.270 e. The molecule has 12 heavy (non-hydrogen) atoms. The molecule has 0 aromatic heterocycles. The van der Waals surface area contributed by atoms with Crippen LogP contribution in [-0.2, 0) is 14.3 Å². The highest BCUT2D eigenvalue weighted by atomic mass is 16.5. The number of rotatable bonds is 2. The molecule has 1 aliphatic heterocycles. The fourth-order valence-electron chi connectivity index (χ4n) is 0.643. The molecule has 0 atom stereocenters.